The summed E-state index contributed by atoms with van der Waals surface area (Å²) in [5.41, 5.74) is 1.94. The van der Waals surface area contributed by atoms with Gasteiger partial charge in [0.1, 0.15) is 18.0 Å². The summed E-state index contributed by atoms with van der Waals surface area (Å²) >= 11 is 0. The molecule has 0 spiro atoms. The predicted octanol–water partition coefficient (Wildman–Crippen LogP) is 2.61. The zero-order valence-electron chi connectivity index (χ0n) is 12.2. The normalized spacial score (nSPS) is 18.6. The lowest BCUT2D eigenvalue weighted by Crippen LogP contribution is -2.45. The van der Waals surface area contributed by atoms with Crippen molar-refractivity contribution in [1.29, 1.82) is 0 Å². The minimum absolute atomic E-state index is 0.384. The van der Waals surface area contributed by atoms with Crippen LogP contribution in [0.1, 0.15) is 43.7 Å². The van der Waals surface area contributed by atoms with Gasteiger partial charge in [0.15, 0.2) is 0 Å². The summed E-state index contributed by atoms with van der Waals surface area (Å²) in [7, 11) is 0. The van der Waals surface area contributed by atoms with Gasteiger partial charge in [-0.2, -0.15) is 0 Å². The molecule has 0 saturated carbocycles. The largest absolute Gasteiger partial charge is 0.491 e. The van der Waals surface area contributed by atoms with Gasteiger partial charge < -0.3 is 15.2 Å². The number of aryl methyl sites for hydroxylation is 1. The summed E-state index contributed by atoms with van der Waals surface area (Å²) < 4.78 is 5.79. The van der Waals surface area contributed by atoms with Crippen LogP contribution in [0.4, 0.5) is 0 Å². The lowest BCUT2D eigenvalue weighted by atomic mass is 9.93. The number of hydrogen-bond acceptors (Lipinski definition) is 3. The van der Waals surface area contributed by atoms with Crippen LogP contribution in [0.15, 0.2) is 18.2 Å². The molecule has 0 aliphatic carbocycles. The Balaban J connectivity index is 1.98. The van der Waals surface area contributed by atoms with E-state index >= 15 is 0 Å². The van der Waals surface area contributed by atoms with Crippen LogP contribution >= 0.6 is 0 Å². The molecule has 1 aliphatic rings. The first kappa shape index (κ1) is 14.4. The number of piperidine rings is 1. The third-order valence-corrected chi connectivity index (χ3v) is 3.91. The topological polar surface area (TPSA) is 41.5 Å². The predicted molar refractivity (Wildman–Crippen MR) is 77.8 cm³/mol. The maximum Gasteiger partial charge on any atom is 0.119 e. The molecule has 1 saturated heterocycles. The molecule has 2 N–H and O–H groups in total. The average Bonchev–Trinajstić information content (AvgIpc) is 2.37. The average molecular weight is 263 g/mol. The van der Waals surface area contributed by atoms with Crippen LogP contribution in [0, 0.1) is 6.92 Å². The molecule has 0 bridgehead atoms. The van der Waals surface area contributed by atoms with Crippen molar-refractivity contribution in [2.24, 2.45) is 0 Å². The van der Waals surface area contributed by atoms with E-state index in [1.54, 1.807) is 0 Å². The molecule has 1 aliphatic heterocycles. The van der Waals surface area contributed by atoms with Gasteiger partial charge >= 0.3 is 0 Å². The Hall–Kier alpha value is -1.06. The van der Waals surface area contributed by atoms with Crippen molar-refractivity contribution < 1.29 is 9.84 Å². The van der Waals surface area contributed by atoms with Gasteiger partial charge in [0, 0.05) is 0 Å². The minimum atomic E-state index is -0.671. The highest BCUT2D eigenvalue weighted by molar-refractivity contribution is 5.36. The highest BCUT2D eigenvalue weighted by atomic mass is 16.5. The number of benzene rings is 1. The molecule has 0 radical (unpaired) electrons. The van der Waals surface area contributed by atoms with Crippen LogP contribution in [0.2, 0.25) is 0 Å². The zero-order valence-corrected chi connectivity index (χ0v) is 12.2. The van der Waals surface area contributed by atoms with Crippen LogP contribution in [0.3, 0.4) is 0 Å². The van der Waals surface area contributed by atoms with Gasteiger partial charge in [0.25, 0.3) is 0 Å². The summed E-state index contributed by atoms with van der Waals surface area (Å²) in [6, 6.07) is 6.20. The molecule has 1 aromatic carbocycles. The van der Waals surface area contributed by atoms with E-state index in [2.05, 4.69) is 38.2 Å². The van der Waals surface area contributed by atoms with E-state index in [-0.39, 0.29) is 0 Å². The number of hydrogen-bond donors (Lipinski definition) is 2. The first-order valence-electron chi connectivity index (χ1n) is 7.17. The van der Waals surface area contributed by atoms with Crippen molar-refractivity contribution >= 4 is 0 Å². The molecular formula is C16H25NO2. The second-order valence-corrected chi connectivity index (χ2v) is 5.94. The highest BCUT2D eigenvalue weighted by Gasteiger charge is 2.29. The maximum absolute atomic E-state index is 10.4. The number of rotatable bonds is 4. The van der Waals surface area contributed by atoms with Gasteiger partial charge in [0.2, 0.25) is 0 Å². The molecule has 0 amide bonds. The van der Waals surface area contributed by atoms with Crippen LogP contribution in [-0.4, -0.2) is 30.4 Å². The lowest BCUT2D eigenvalue weighted by molar-refractivity contribution is -0.0286. The van der Waals surface area contributed by atoms with Crippen molar-refractivity contribution in [3.05, 3.63) is 29.3 Å². The molecule has 106 valence electrons. The first-order valence-corrected chi connectivity index (χ1v) is 7.17. The van der Waals surface area contributed by atoms with E-state index in [4.69, 9.17) is 4.74 Å². The van der Waals surface area contributed by atoms with Gasteiger partial charge in [0.05, 0.1) is 0 Å². The van der Waals surface area contributed by atoms with Crippen molar-refractivity contribution in [2.75, 3.05) is 19.7 Å². The Labute approximate surface area is 116 Å². The number of ether oxygens (including phenoxy) is 1. The zero-order chi connectivity index (χ0) is 13.9. The summed E-state index contributed by atoms with van der Waals surface area (Å²) in [4.78, 5) is 0. The fraction of sp³-hybridized carbons (Fsp3) is 0.625. The Bertz CT molecular complexity index is 423. The third kappa shape index (κ3) is 3.71. The van der Waals surface area contributed by atoms with E-state index in [0.29, 0.717) is 12.5 Å². The van der Waals surface area contributed by atoms with Crippen molar-refractivity contribution in [3.63, 3.8) is 0 Å². The summed E-state index contributed by atoms with van der Waals surface area (Å²) in [5, 5.41) is 13.6. The molecule has 0 unspecified atom stereocenters. The highest BCUT2D eigenvalue weighted by Crippen LogP contribution is 2.25. The molecule has 3 nitrogen and oxygen atoms in total. The van der Waals surface area contributed by atoms with Gasteiger partial charge in [-0.3, -0.25) is 0 Å². The van der Waals surface area contributed by atoms with Gasteiger partial charge in [-0.05, 0) is 62.0 Å². The van der Waals surface area contributed by atoms with Crippen LogP contribution < -0.4 is 10.1 Å². The van der Waals surface area contributed by atoms with E-state index in [0.717, 1.165) is 31.7 Å². The number of aliphatic hydroxyl groups is 1. The molecular weight excluding hydrogens is 238 g/mol. The van der Waals surface area contributed by atoms with E-state index < -0.39 is 5.60 Å². The van der Waals surface area contributed by atoms with Crippen LogP contribution in [0.5, 0.6) is 5.75 Å². The van der Waals surface area contributed by atoms with E-state index in [1.807, 2.05) is 6.07 Å². The summed E-state index contributed by atoms with van der Waals surface area (Å²) in [5.74, 6) is 1.39. The van der Waals surface area contributed by atoms with Crippen molar-refractivity contribution in [1.82, 2.24) is 5.32 Å². The number of nitrogens with one attached hydrogen (secondary N) is 1. The summed E-state index contributed by atoms with van der Waals surface area (Å²) in [6.45, 7) is 8.62. The monoisotopic (exact) mass is 263 g/mol. The van der Waals surface area contributed by atoms with Crippen molar-refractivity contribution in [2.45, 2.75) is 45.1 Å². The molecule has 0 atom stereocenters. The maximum atomic E-state index is 10.4. The molecule has 19 heavy (non-hydrogen) atoms. The Morgan fingerprint density at radius 1 is 1.32 bits per heavy atom. The SMILES string of the molecule is Cc1cc(OCC2(O)CCNCC2)ccc1C(C)C. The minimum Gasteiger partial charge on any atom is -0.491 e. The smallest absolute Gasteiger partial charge is 0.119 e. The Morgan fingerprint density at radius 3 is 2.58 bits per heavy atom. The van der Waals surface area contributed by atoms with Crippen LogP contribution in [0.25, 0.3) is 0 Å². The van der Waals surface area contributed by atoms with Gasteiger partial charge in [-0.15, -0.1) is 0 Å². The third-order valence-electron chi connectivity index (χ3n) is 3.91. The Morgan fingerprint density at radius 2 is 2.00 bits per heavy atom. The van der Waals surface area contributed by atoms with Gasteiger partial charge in [-0.1, -0.05) is 19.9 Å². The molecule has 1 fully saturated rings. The molecule has 0 aromatic heterocycles. The summed E-state index contributed by atoms with van der Waals surface area (Å²) in [6.07, 6.45) is 1.52. The molecule has 3 heteroatoms. The van der Waals surface area contributed by atoms with E-state index in [9.17, 15) is 5.11 Å². The second-order valence-electron chi connectivity index (χ2n) is 5.94. The van der Waals surface area contributed by atoms with Crippen molar-refractivity contribution in [3.8, 4) is 5.75 Å². The lowest BCUT2D eigenvalue weighted by Gasteiger charge is -2.32. The van der Waals surface area contributed by atoms with Gasteiger partial charge in [-0.25, -0.2) is 0 Å². The van der Waals surface area contributed by atoms with E-state index in [1.165, 1.54) is 11.1 Å². The van der Waals surface area contributed by atoms with Crippen LogP contribution in [-0.2, 0) is 0 Å². The standard InChI is InChI=1S/C16H25NO2/c1-12(2)15-5-4-14(10-13(15)3)19-11-16(18)6-8-17-9-7-16/h4-5,10,12,17-18H,6-9,11H2,1-3H3. The quantitative estimate of drug-likeness (QED) is 0.877. The molecule has 1 heterocycles. The fourth-order valence-electron chi connectivity index (χ4n) is 2.64. The molecule has 2 rings (SSSR count). The first-order chi connectivity index (χ1) is 9.00. The second kappa shape index (κ2) is 5.93. The molecule has 1 aromatic rings. The fourth-order valence-corrected chi connectivity index (χ4v) is 2.64. The Kier molecular flexibility index (Phi) is 4.48.